The first-order chi connectivity index (χ1) is 25.5. The summed E-state index contributed by atoms with van der Waals surface area (Å²) in [6, 6.07) is 29.9. The van der Waals surface area contributed by atoms with E-state index in [1.54, 1.807) is 12.1 Å². The third-order valence-corrected chi connectivity index (χ3v) is 10.8. The molecule has 0 spiro atoms. The van der Waals surface area contributed by atoms with Gasteiger partial charge in [-0.1, -0.05) is 127 Å². The molecule has 0 amide bonds. The molecule has 298 valence electrons. The molecule has 5 heteroatoms. The molecule has 0 heterocycles. The number of unbranched alkanes of at least 4 members (excludes halogenated alkanes) is 1. The van der Waals surface area contributed by atoms with Crippen LogP contribution >= 0.6 is 48.0 Å². The topological polar surface area (TPSA) is 0 Å². The number of halogens is 4. The van der Waals surface area contributed by atoms with E-state index in [0.717, 1.165) is 16.5 Å². The van der Waals surface area contributed by atoms with E-state index in [2.05, 4.69) is 140 Å². The zero-order valence-corrected chi connectivity index (χ0v) is 40.4. The van der Waals surface area contributed by atoms with Crippen LogP contribution in [0.2, 0.25) is 10.0 Å². The van der Waals surface area contributed by atoms with Crippen LogP contribution in [0, 0.1) is 35.6 Å². The van der Waals surface area contributed by atoms with Crippen molar-refractivity contribution < 1.29 is 24.2 Å². The van der Waals surface area contributed by atoms with Gasteiger partial charge < -0.3 is 0 Å². The molecule has 8 rings (SSSR count). The van der Waals surface area contributed by atoms with E-state index in [0.29, 0.717) is 11.3 Å². The molecule has 4 aliphatic rings. The summed E-state index contributed by atoms with van der Waals surface area (Å²) in [6.45, 7) is 22.7. The molecule has 4 aromatic carbocycles. The Morgan fingerprint density at radius 1 is 0.804 bits per heavy atom. The second kappa shape index (κ2) is 21.7. The van der Waals surface area contributed by atoms with Crippen LogP contribution in [0.1, 0.15) is 122 Å². The van der Waals surface area contributed by atoms with Gasteiger partial charge in [-0.25, -0.2) is 11.6 Å². The van der Waals surface area contributed by atoms with Gasteiger partial charge in [-0.15, -0.1) is 36.4 Å². The Labute approximate surface area is 377 Å². The van der Waals surface area contributed by atoms with E-state index in [4.69, 9.17) is 23.2 Å². The number of fused-ring (bicyclic) bond motifs is 5. The second-order valence-electron chi connectivity index (χ2n) is 16.6. The first kappa shape index (κ1) is 49.9. The summed E-state index contributed by atoms with van der Waals surface area (Å²) in [5.41, 5.74) is 16.3. The van der Waals surface area contributed by atoms with E-state index in [1.807, 2.05) is 36.4 Å². The third-order valence-electron chi connectivity index (χ3n) is 10.3. The van der Waals surface area contributed by atoms with Gasteiger partial charge in [0.15, 0.2) is 0 Å². The standard InChI is InChI=1S/C25H25.C13H21.2C6H4Cl.CH2.2ClH.Zr/c1-14-12-24(3,4)22-8-16-7-17-9-23-19(15(2)13-25(23,5)6)11-21(17)20(16)10-18(14)22;1-5-6-7-11-8-9-12(10-11)13(2,3)4;2*7-6-4-2-1-3-5-6;;;;/h8-12H,7H2,1-6H3;9-11H,5-7H2,1-4H3;2*1-2,4-5H;1H2;2*1H;/q4*-1;;;;. The molecule has 0 aromatic heterocycles. The molecule has 4 aromatic rings. The average Bonchev–Trinajstić information content (AvgIpc) is 3.86. The van der Waals surface area contributed by atoms with E-state index >= 15 is 0 Å². The van der Waals surface area contributed by atoms with Crippen LogP contribution in [0.5, 0.6) is 0 Å². The summed E-state index contributed by atoms with van der Waals surface area (Å²) in [6.07, 6.45) is 19.0. The van der Waals surface area contributed by atoms with Crippen molar-refractivity contribution in [1.29, 1.82) is 0 Å². The number of allylic oxidation sites excluding steroid dienone is 8. The van der Waals surface area contributed by atoms with Gasteiger partial charge in [-0.2, -0.15) is 101 Å². The van der Waals surface area contributed by atoms with Crippen molar-refractivity contribution in [3.63, 3.8) is 0 Å². The molecule has 0 nitrogen and oxygen atoms in total. The monoisotopic (exact) mass is 900 g/mol. The van der Waals surface area contributed by atoms with Crippen LogP contribution < -0.4 is 0 Å². The minimum atomic E-state index is 0. The van der Waals surface area contributed by atoms with Crippen molar-refractivity contribution in [2.45, 2.75) is 106 Å². The van der Waals surface area contributed by atoms with E-state index in [1.165, 1.54) is 105 Å². The molecule has 0 bridgehead atoms. The zero-order chi connectivity index (χ0) is 39.8. The van der Waals surface area contributed by atoms with Gasteiger partial charge in [-0.3, -0.25) is 12.2 Å². The van der Waals surface area contributed by atoms with Gasteiger partial charge >= 0.3 is 28.4 Å². The van der Waals surface area contributed by atoms with Crippen molar-refractivity contribution in [2.75, 3.05) is 0 Å². The molecule has 0 N–H and O–H groups in total. The Balaban J connectivity index is 0.000000293. The minimum absolute atomic E-state index is 0. The molecule has 4 aliphatic carbocycles. The van der Waals surface area contributed by atoms with Crippen LogP contribution in [-0.4, -0.2) is 4.21 Å². The van der Waals surface area contributed by atoms with Crippen LogP contribution in [-0.2, 0) is 41.5 Å². The molecule has 0 saturated heterocycles. The fraction of sp³-hybridized carbons (Fsp3) is 0.353. The van der Waals surface area contributed by atoms with E-state index in [-0.39, 0.29) is 35.6 Å². The third kappa shape index (κ3) is 12.6. The summed E-state index contributed by atoms with van der Waals surface area (Å²) in [5.74, 6) is 0.592. The summed E-state index contributed by atoms with van der Waals surface area (Å²) < 4.78 is 3.34. The molecular formula is C51H58Cl4Zr-4. The normalized spacial score (nSPS) is 16.6. The fourth-order valence-electron chi connectivity index (χ4n) is 7.58. The molecule has 0 radical (unpaired) electrons. The van der Waals surface area contributed by atoms with Gasteiger partial charge in [0.1, 0.15) is 0 Å². The summed E-state index contributed by atoms with van der Waals surface area (Å²) in [5, 5.41) is 1.48. The van der Waals surface area contributed by atoms with Crippen molar-refractivity contribution in [3.8, 4) is 11.1 Å². The van der Waals surface area contributed by atoms with Crippen LogP contribution in [0.25, 0.3) is 22.3 Å². The number of rotatable bonds is 3. The van der Waals surface area contributed by atoms with Gasteiger partial charge in [0.05, 0.1) is 0 Å². The first-order valence-corrected chi connectivity index (χ1v) is 21.6. The van der Waals surface area contributed by atoms with Crippen molar-refractivity contribution in [3.05, 3.63) is 164 Å². The fourth-order valence-corrected chi connectivity index (χ4v) is 7.86. The van der Waals surface area contributed by atoms with Gasteiger partial charge in [0, 0.05) is 5.41 Å². The number of hydrogen-bond donors (Lipinski definition) is 0. The zero-order valence-electron chi connectivity index (χ0n) is 34.8. The summed E-state index contributed by atoms with van der Waals surface area (Å²) in [7, 11) is 0. The molecule has 0 saturated carbocycles. The molecule has 56 heavy (non-hydrogen) atoms. The molecule has 0 aliphatic heterocycles. The van der Waals surface area contributed by atoms with Crippen LogP contribution in [0.4, 0.5) is 0 Å². The number of benzene rings is 4. The van der Waals surface area contributed by atoms with Crippen molar-refractivity contribution in [2.24, 2.45) is 11.3 Å². The summed E-state index contributed by atoms with van der Waals surface area (Å²) >= 11 is 12.3. The maximum atomic E-state index is 5.51. The Hall–Kier alpha value is -2.25. The Bertz CT molecular complexity index is 1900. The van der Waals surface area contributed by atoms with Crippen molar-refractivity contribution in [1.82, 2.24) is 0 Å². The molecule has 1 atom stereocenters. The average molecular weight is 904 g/mol. The number of hydrogen-bond acceptors (Lipinski definition) is 0. The predicted molar refractivity (Wildman–Crippen MR) is 247 cm³/mol. The summed E-state index contributed by atoms with van der Waals surface area (Å²) in [4.78, 5) is 0. The Morgan fingerprint density at radius 2 is 1.34 bits per heavy atom. The van der Waals surface area contributed by atoms with E-state index < -0.39 is 0 Å². The SMILES string of the molecule is CC1=[C-]C(C)(C)c2cc3c(cc21)-c1cc2c(cc1C3)C(C)(C)C=C2C.CCCCC1[C-]=CC(C(C)(C)C)=C1.Cl.Cl.Clc1c[c-]ccc1.Clc1c[c-]ccc1.[CH2]=[Zr]. The van der Waals surface area contributed by atoms with E-state index in [9.17, 15) is 0 Å². The Kier molecular flexibility index (Phi) is 19.3. The molecule has 0 fully saturated rings. The van der Waals surface area contributed by atoms with Gasteiger partial charge in [0.25, 0.3) is 0 Å². The quantitative estimate of drug-likeness (QED) is 0.158. The maximum absolute atomic E-state index is 5.51. The van der Waals surface area contributed by atoms with Crippen LogP contribution in [0.3, 0.4) is 0 Å². The van der Waals surface area contributed by atoms with Crippen LogP contribution in [0.15, 0.2) is 96.6 Å². The first-order valence-electron chi connectivity index (χ1n) is 19.1. The van der Waals surface area contributed by atoms with Gasteiger partial charge in [0.2, 0.25) is 0 Å². The van der Waals surface area contributed by atoms with Gasteiger partial charge in [-0.05, 0) is 58.4 Å². The molecule has 1 unspecified atom stereocenters. The second-order valence-corrected chi connectivity index (χ2v) is 17.5. The molecular weight excluding hydrogens is 846 g/mol. The Morgan fingerprint density at radius 3 is 1.79 bits per heavy atom. The predicted octanol–water partition coefficient (Wildman–Crippen LogP) is 15.7. The van der Waals surface area contributed by atoms with Crippen molar-refractivity contribution >= 4 is 63.4 Å².